The third kappa shape index (κ3) is 0.679. The molecule has 0 heteroatoms. The molecule has 1 rings (SSSR count). The zero-order valence-electron chi connectivity index (χ0n) is 4.96. The van der Waals surface area contributed by atoms with Gasteiger partial charge in [0, 0.05) is 17.8 Å². The van der Waals surface area contributed by atoms with Gasteiger partial charge in [-0.1, -0.05) is 0 Å². The predicted octanol–water partition coefficient (Wildman–Crippen LogP) is 0.748. The maximum absolute atomic E-state index is 5.12. The first kappa shape index (κ1) is 5.81. The minimum absolute atomic E-state index is 0.153. The van der Waals surface area contributed by atoms with Gasteiger partial charge in [-0.25, -0.2) is 0 Å². The van der Waals surface area contributed by atoms with E-state index >= 15 is 0 Å². The van der Waals surface area contributed by atoms with Gasteiger partial charge in [0.1, 0.15) is 0 Å². The maximum Gasteiger partial charge on any atom is 0.0500 e. The Bertz CT molecular complexity index is 179. The Hall–Kier alpha value is -1.32. The lowest BCUT2D eigenvalue weighted by Crippen LogP contribution is -1.68. The minimum Gasteiger partial charge on any atom is -0.120 e. The van der Waals surface area contributed by atoms with Crippen molar-refractivity contribution in [2.24, 2.45) is 17.8 Å². The quantitative estimate of drug-likeness (QED) is 0.408. The molecule has 0 bridgehead atoms. The highest BCUT2D eigenvalue weighted by molar-refractivity contribution is 5.30. The van der Waals surface area contributed by atoms with Crippen LogP contribution >= 0.6 is 0 Å². The van der Waals surface area contributed by atoms with E-state index in [9.17, 15) is 0 Å². The van der Waals surface area contributed by atoms with Crippen LogP contribution in [0.25, 0.3) is 0 Å². The van der Waals surface area contributed by atoms with Gasteiger partial charge < -0.3 is 0 Å². The summed E-state index contributed by atoms with van der Waals surface area (Å²) in [5, 5.41) is 0. The molecule has 1 fully saturated rings. The molecule has 0 heterocycles. The van der Waals surface area contributed by atoms with Crippen LogP contribution in [0.3, 0.4) is 0 Å². The number of terminal acetylenes is 3. The van der Waals surface area contributed by atoms with E-state index in [0.29, 0.717) is 0 Å². The van der Waals surface area contributed by atoms with Crippen LogP contribution < -0.4 is 0 Å². The summed E-state index contributed by atoms with van der Waals surface area (Å²) in [5.74, 6) is 8.13. The summed E-state index contributed by atoms with van der Waals surface area (Å²) in [4.78, 5) is 0. The fourth-order valence-corrected chi connectivity index (χ4v) is 0.933. The fourth-order valence-electron chi connectivity index (χ4n) is 0.933. The van der Waals surface area contributed by atoms with Crippen molar-refractivity contribution in [2.45, 2.75) is 0 Å². The molecule has 0 aromatic heterocycles. The molecule has 1 saturated carbocycles. The van der Waals surface area contributed by atoms with Crippen LogP contribution in [0.4, 0.5) is 0 Å². The Morgan fingerprint density at radius 3 is 1.00 bits per heavy atom. The number of hydrogen-bond donors (Lipinski definition) is 0. The van der Waals surface area contributed by atoms with Crippen molar-refractivity contribution in [3.63, 3.8) is 0 Å². The van der Waals surface area contributed by atoms with E-state index in [2.05, 4.69) is 17.8 Å². The largest absolute Gasteiger partial charge is 0.120 e. The maximum atomic E-state index is 5.12. The van der Waals surface area contributed by atoms with Crippen molar-refractivity contribution in [3.8, 4) is 37.0 Å². The second-order valence-corrected chi connectivity index (χ2v) is 2.08. The van der Waals surface area contributed by atoms with Gasteiger partial charge in [0.25, 0.3) is 0 Å². The minimum atomic E-state index is 0.153. The molecule has 9 heavy (non-hydrogen) atoms. The van der Waals surface area contributed by atoms with Crippen molar-refractivity contribution in [3.05, 3.63) is 0 Å². The van der Waals surface area contributed by atoms with Gasteiger partial charge in [0.05, 0.1) is 0 Å². The molecule has 0 aromatic carbocycles. The van der Waals surface area contributed by atoms with E-state index in [4.69, 9.17) is 19.3 Å². The molecule has 0 amide bonds. The Labute approximate surface area is 55.7 Å². The van der Waals surface area contributed by atoms with Gasteiger partial charge in [0.15, 0.2) is 0 Å². The van der Waals surface area contributed by atoms with E-state index in [1.54, 1.807) is 0 Å². The van der Waals surface area contributed by atoms with E-state index in [1.165, 1.54) is 0 Å². The first-order valence-corrected chi connectivity index (χ1v) is 2.73. The summed E-state index contributed by atoms with van der Waals surface area (Å²) in [5.41, 5.74) is 0. The van der Waals surface area contributed by atoms with Crippen LogP contribution in [-0.2, 0) is 0 Å². The third-order valence-corrected chi connectivity index (χ3v) is 1.60. The monoisotopic (exact) mass is 114 g/mol. The standard InChI is InChI=1S/C9H6/c1-4-7-8(5-2)9(7)6-3/h1-3,7-9H. The SMILES string of the molecule is C#CC1C(C#C)C1C#C. The summed E-state index contributed by atoms with van der Waals surface area (Å²) >= 11 is 0. The molecule has 0 unspecified atom stereocenters. The average molecular weight is 114 g/mol. The molecule has 1 aliphatic carbocycles. The van der Waals surface area contributed by atoms with E-state index in [-0.39, 0.29) is 17.8 Å². The molecule has 0 nitrogen and oxygen atoms in total. The first-order chi connectivity index (χ1) is 4.35. The summed E-state index contributed by atoms with van der Waals surface area (Å²) in [6.45, 7) is 0. The second kappa shape index (κ2) is 1.89. The number of rotatable bonds is 0. The molecule has 0 aromatic rings. The predicted molar refractivity (Wildman–Crippen MR) is 37.0 cm³/mol. The van der Waals surface area contributed by atoms with Crippen molar-refractivity contribution >= 4 is 0 Å². The molecule has 0 spiro atoms. The lowest BCUT2D eigenvalue weighted by molar-refractivity contribution is 1.06. The van der Waals surface area contributed by atoms with Gasteiger partial charge in [0.2, 0.25) is 0 Å². The van der Waals surface area contributed by atoms with Crippen molar-refractivity contribution in [1.82, 2.24) is 0 Å². The summed E-state index contributed by atoms with van der Waals surface area (Å²) < 4.78 is 0. The summed E-state index contributed by atoms with van der Waals surface area (Å²) in [6, 6.07) is 0. The first-order valence-electron chi connectivity index (χ1n) is 2.73. The van der Waals surface area contributed by atoms with Crippen molar-refractivity contribution < 1.29 is 0 Å². The smallest absolute Gasteiger partial charge is 0.0500 e. The molecule has 0 radical (unpaired) electrons. The lowest BCUT2D eigenvalue weighted by Gasteiger charge is -1.68. The molecule has 42 valence electrons. The van der Waals surface area contributed by atoms with E-state index in [1.807, 2.05) is 0 Å². The summed E-state index contributed by atoms with van der Waals surface area (Å²) in [7, 11) is 0. The van der Waals surface area contributed by atoms with Gasteiger partial charge in [-0.15, -0.1) is 37.0 Å². The highest BCUT2D eigenvalue weighted by Crippen LogP contribution is 2.44. The highest BCUT2D eigenvalue weighted by Gasteiger charge is 2.46. The molecule has 0 aliphatic heterocycles. The van der Waals surface area contributed by atoms with Crippen molar-refractivity contribution in [2.75, 3.05) is 0 Å². The molecule has 0 saturated heterocycles. The lowest BCUT2D eigenvalue weighted by atomic mass is 10.3. The van der Waals surface area contributed by atoms with Gasteiger partial charge in [-0.2, -0.15) is 0 Å². The van der Waals surface area contributed by atoms with Crippen LogP contribution in [0.5, 0.6) is 0 Å². The summed E-state index contributed by atoms with van der Waals surface area (Å²) in [6.07, 6.45) is 15.4. The zero-order chi connectivity index (χ0) is 6.85. The van der Waals surface area contributed by atoms with Crippen LogP contribution in [0.15, 0.2) is 0 Å². The van der Waals surface area contributed by atoms with Crippen LogP contribution in [-0.4, -0.2) is 0 Å². The normalized spacial score (nSPS) is 37.7. The highest BCUT2D eigenvalue weighted by atomic mass is 14.4. The van der Waals surface area contributed by atoms with E-state index in [0.717, 1.165) is 0 Å². The molecule has 1 aliphatic rings. The molecular weight excluding hydrogens is 108 g/mol. The fraction of sp³-hybridized carbons (Fsp3) is 0.333. The van der Waals surface area contributed by atoms with Crippen molar-refractivity contribution in [1.29, 1.82) is 0 Å². The number of hydrogen-bond acceptors (Lipinski definition) is 0. The average Bonchev–Trinajstić information content (AvgIpc) is 2.59. The Morgan fingerprint density at radius 2 is 0.889 bits per heavy atom. The Morgan fingerprint density at radius 1 is 0.667 bits per heavy atom. The zero-order valence-corrected chi connectivity index (χ0v) is 4.96. The second-order valence-electron chi connectivity index (χ2n) is 2.08. The Kier molecular flexibility index (Phi) is 1.22. The van der Waals surface area contributed by atoms with E-state index < -0.39 is 0 Å². The molecule has 0 N–H and O–H groups in total. The van der Waals surface area contributed by atoms with Gasteiger partial charge >= 0.3 is 0 Å². The Balaban J connectivity index is 2.63. The molecule has 0 atom stereocenters. The van der Waals surface area contributed by atoms with Gasteiger partial charge in [-0.3, -0.25) is 0 Å². The topological polar surface area (TPSA) is 0 Å². The van der Waals surface area contributed by atoms with Crippen LogP contribution in [0.2, 0.25) is 0 Å². The molecular formula is C9H6. The van der Waals surface area contributed by atoms with Crippen LogP contribution in [0.1, 0.15) is 0 Å². The van der Waals surface area contributed by atoms with Gasteiger partial charge in [-0.05, 0) is 0 Å². The van der Waals surface area contributed by atoms with Crippen LogP contribution in [0, 0.1) is 54.8 Å². The third-order valence-electron chi connectivity index (χ3n) is 1.60.